The molecule has 3 aromatic rings. The van der Waals surface area contributed by atoms with Crippen LogP contribution in [0.5, 0.6) is 5.75 Å². The zero-order valence-electron chi connectivity index (χ0n) is 14.7. The standard InChI is InChI=1S/C20H18F3NO3/c1-26-16-6-7-17-14(10-19(25)27-18(17)11-16)12-24-9-8-13-2-4-15(5-3-13)20(21,22)23/h2-7,10-11,24H,8-9,12H2,1H3/p+1. The van der Waals surface area contributed by atoms with E-state index >= 15 is 0 Å². The number of methoxy groups -OCH3 is 1. The van der Waals surface area contributed by atoms with Crippen LogP contribution >= 0.6 is 0 Å². The van der Waals surface area contributed by atoms with E-state index in [1.807, 2.05) is 11.4 Å². The summed E-state index contributed by atoms with van der Waals surface area (Å²) in [6.07, 6.45) is -3.69. The molecule has 0 amide bonds. The molecule has 0 unspecified atom stereocenters. The van der Waals surface area contributed by atoms with E-state index in [0.717, 1.165) is 28.6 Å². The Morgan fingerprint density at radius 1 is 1.07 bits per heavy atom. The lowest BCUT2D eigenvalue weighted by Crippen LogP contribution is -2.83. The van der Waals surface area contributed by atoms with E-state index in [1.54, 1.807) is 12.1 Å². The maximum atomic E-state index is 12.6. The van der Waals surface area contributed by atoms with Crippen molar-refractivity contribution in [1.29, 1.82) is 0 Å². The second kappa shape index (κ2) is 7.84. The van der Waals surface area contributed by atoms with Gasteiger partial charge in [-0.3, -0.25) is 0 Å². The molecule has 1 aromatic heterocycles. The summed E-state index contributed by atoms with van der Waals surface area (Å²) in [5.41, 5.74) is 1.07. The number of nitrogens with two attached hydrogens (primary N) is 1. The lowest BCUT2D eigenvalue weighted by atomic mass is 10.1. The first-order chi connectivity index (χ1) is 12.9. The molecule has 142 valence electrons. The van der Waals surface area contributed by atoms with Gasteiger partial charge in [0.15, 0.2) is 0 Å². The molecule has 7 heteroatoms. The van der Waals surface area contributed by atoms with Crippen LogP contribution in [0.15, 0.2) is 57.7 Å². The quantitative estimate of drug-likeness (QED) is 0.530. The largest absolute Gasteiger partial charge is 0.497 e. The van der Waals surface area contributed by atoms with Crippen LogP contribution in [-0.2, 0) is 19.1 Å². The molecule has 0 aliphatic heterocycles. The normalized spacial score (nSPS) is 11.7. The fourth-order valence-corrected chi connectivity index (χ4v) is 2.89. The van der Waals surface area contributed by atoms with Gasteiger partial charge in [-0.05, 0) is 29.8 Å². The molecule has 0 aliphatic carbocycles. The van der Waals surface area contributed by atoms with Crippen LogP contribution in [0.4, 0.5) is 13.2 Å². The highest BCUT2D eigenvalue weighted by atomic mass is 19.4. The van der Waals surface area contributed by atoms with Gasteiger partial charge in [0.1, 0.15) is 17.9 Å². The maximum absolute atomic E-state index is 12.6. The topological polar surface area (TPSA) is 56.0 Å². The summed E-state index contributed by atoms with van der Waals surface area (Å²) in [6.45, 7) is 1.25. The van der Waals surface area contributed by atoms with Crippen LogP contribution in [-0.4, -0.2) is 13.7 Å². The minimum atomic E-state index is -4.32. The second-order valence-electron chi connectivity index (χ2n) is 6.18. The summed E-state index contributed by atoms with van der Waals surface area (Å²) in [7, 11) is 1.54. The van der Waals surface area contributed by atoms with Crippen LogP contribution in [0.3, 0.4) is 0 Å². The van der Waals surface area contributed by atoms with Crippen LogP contribution < -0.4 is 15.7 Å². The predicted molar refractivity (Wildman–Crippen MR) is 94.7 cm³/mol. The number of halogens is 3. The average Bonchev–Trinajstić information content (AvgIpc) is 2.64. The summed E-state index contributed by atoms with van der Waals surface area (Å²) in [5, 5.41) is 2.84. The van der Waals surface area contributed by atoms with Crippen molar-refractivity contribution in [1.82, 2.24) is 0 Å². The van der Waals surface area contributed by atoms with Crippen molar-refractivity contribution in [3.8, 4) is 5.75 Å². The third kappa shape index (κ3) is 4.68. The van der Waals surface area contributed by atoms with Gasteiger partial charge in [0.2, 0.25) is 0 Å². The first kappa shape index (κ1) is 19.0. The molecule has 27 heavy (non-hydrogen) atoms. The Balaban J connectivity index is 1.63. The molecular formula is C20H19F3NO3+. The summed E-state index contributed by atoms with van der Waals surface area (Å²) in [5.74, 6) is 0.606. The number of ether oxygens (including phenoxy) is 1. The first-order valence-corrected chi connectivity index (χ1v) is 8.45. The van der Waals surface area contributed by atoms with Crippen molar-refractivity contribution >= 4 is 11.0 Å². The van der Waals surface area contributed by atoms with Gasteiger partial charge in [-0.2, -0.15) is 13.2 Å². The molecule has 0 spiro atoms. The van der Waals surface area contributed by atoms with E-state index in [-0.39, 0.29) is 0 Å². The Bertz CT molecular complexity index is 978. The fraction of sp³-hybridized carbons (Fsp3) is 0.250. The number of benzene rings is 2. The van der Waals surface area contributed by atoms with Crippen molar-refractivity contribution in [2.75, 3.05) is 13.7 Å². The van der Waals surface area contributed by atoms with Crippen LogP contribution in [0.25, 0.3) is 11.0 Å². The van der Waals surface area contributed by atoms with E-state index in [1.165, 1.54) is 25.3 Å². The zero-order valence-corrected chi connectivity index (χ0v) is 14.7. The van der Waals surface area contributed by atoms with Crippen molar-refractivity contribution in [3.05, 3.63) is 75.6 Å². The predicted octanol–water partition coefficient (Wildman–Crippen LogP) is 3.13. The molecule has 4 nitrogen and oxygen atoms in total. The maximum Gasteiger partial charge on any atom is 0.416 e. The molecule has 3 rings (SSSR count). The first-order valence-electron chi connectivity index (χ1n) is 8.45. The Labute approximate surface area is 153 Å². The van der Waals surface area contributed by atoms with Gasteiger partial charge in [-0.15, -0.1) is 0 Å². The molecule has 0 bridgehead atoms. The smallest absolute Gasteiger partial charge is 0.416 e. The SMILES string of the molecule is COc1ccc2c(C[NH2+]CCc3ccc(C(F)(F)F)cc3)cc(=O)oc2c1. The highest BCUT2D eigenvalue weighted by Crippen LogP contribution is 2.29. The number of rotatable bonds is 6. The number of fused-ring (bicyclic) bond motifs is 1. The van der Waals surface area contributed by atoms with Crippen molar-refractivity contribution in [2.24, 2.45) is 0 Å². The fourth-order valence-electron chi connectivity index (χ4n) is 2.89. The lowest BCUT2D eigenvalue weighted by Gasteiger charge is -2.08. The summed E-state index contributed by atoms with van der Waals surface area (Å²) in [4.78, 5) is 11.8. The third-order valence-electron chi connectivity index (χ3n) is 4.32. The molecule has 0 saturated heterocycles. The van der Waals surface area contributed by atoms with E-state index in [0.29, 0.717) is 30.8 Å². The van der Waals surface area contributed by atoms with E-state index in [2.05, 4.69) is 0 Å². The number of alkyl halides is 3. The van der Waals surface area contributed by atoms with Gasteiger partial charge >= 0.3 is 11.8 Å². The molecule has 0 fully saturated rings. The average molecular weight is 378 g/mol. The van der Waals surface area contributed by atoms with E-state index < -0.39 is 17.4 Å². The van der Waals surface area contributed by atoms with Gasteiger partial charge < -0.3 is 14.5 Å². The summed E-state index contributed by atoms with van der Waals surface area (Å²) < 4.78 is 48.1. The highest BCUT2D eigenvalue weighted by Gasteiger charge is 2.29. The molecule has 0 aliphatic rings. The molecule has 0 radical (unpaired) electrons. The van der Waals surface area contributed by atoms with E-state index in [4.69, 9.17) is 9.15 Å². The van der Waals surface area contributed by atoms with Crippen molar-refractivity contribution in [3.63, 3.8) is 0 Å². The zero-order chi connectivity index (χ0) is 19.4. The minimum absolute atomic E-state index is 0.429. The Hall–Kier alpha value is -2.80. The van der Waals surface area contributed by atoms with Crippen LogP contribution in [0.2, 0.25) is 0 Å². The monoisotopic (exact) mass is 378 g/mol. The molecule has 2 N–H and O–H groups in total. The van der Waals surface area contributed by atoms with E-state index in [9.17, 15) is 18.0 Å². The summed E-state index contributed by atoms with van der Waals surface area (Å²) >= 11 is 0. The number of hydrogen-bond acceptors (Lipinski definition) is 3. The lowest BCUT2D eigenvalue weighted by molar-refractivity contribution is -0.670. The molecule has 1 heterocycles. The Morgan fingerprint density at radius 2 is 1.81 bits per heavy atom. The van der Waals surface area contributed by atoms with Crippen LogP contribution in [0, 0.1) is 0 Å². The van der Waals surface area contributed by atoms with Gasteiger partial charge in [-0.25, -0.2) is 4.79 Å². The molecule has 0 atom stereocenters. The molecule has 0 saturated carbocycles. The number of quaternary nitrogens is 1. The van der Waals surface area contributed by atoms with Gasteiger partial charge in [0.05, 0.1) is 19.2 Å². The van der Waals surface area contributed by atoms with Crippen molar-refractivity contribution < 1.29 is 27.6 Å². The third-order valence-corrected chi connectivity index (χ3v) is 4.32. The molecular weight excluding hydrogens is 359 g/mol. The molecule has 2 aromatic carbocycles. The summed E-state index contributed by atoms with van der Waals surface area (Å²) in [6, 6.07) is 12.0. The number of hydrogen-bond donors (Lipinski definition) is 1. The highest BCUT2D eigenvalue weighted by molar-refractivity contribution is 5.81. The van der Waals surface area contributed by atoms with Gasteiger partial charge in [0, 0.05) is 29.5 Å². The Morgan fingerprint density at radius 3 is 2.48 bits per heavy atom. The van der Waals surface area contributed by atoms with Crippen LogP contribution in [0.1, 0.15) is 16.7 Å². The second-order valence-corrected chi connectivity index (χ2v) is 6.18. The van der Waals surface area contributed by atoms with Crippen molar-refractivity contribution in [2.45, 2.75) is 19.1 Å². The minimum Gasteiger partial charge on any atom is -0.497 e. The Kier molecular flexibility index (Phi) is 5.51. The van der Waals surface area contributed by atoms with Gasteiger partial charge in [0.25, 0.3) is 0 Å². The van der Waals surface area contributed by atoms with Gasteiger partial charge in [-0.1, -0.05) is 12.1 Å².